The van der Waals surface area contributed by atoms with Gasteiger partial charge in [0.2, 0.25) is 0 Å². The average Bonchev–Trinajstić information content (AvgIpc) is 3.22. The number of aromatic amines is 2. The van der Waals surface area contributed by atoms with E-state index < -0.39 is 23.6 Å². The number of amides is 1. The molecular weight excluding hydrogens is 352 g/mol. The first-order valence-corrected chi connectivity index (χ1v) is 7.96. The number of halogens is 4. The van der Waals surface area contributed by atoms with Crippen molar-refractivity contribution < 1.29 is 22.4 Å². The number of benzene rings is 1. The Hall–Kier alpha value is -2.84. The van der Waals surface area contributed by atoms with Gasteiger partial charge in [0.05, 0.1) is 5.52 Å². The summed E-state index contributed by atoms with van der Waals surface area (Å²) in [6, 6.07) is 3.73. The zero-order valence-electron chi connectivity index (χ0n) is 13.7. The maximum Gasteiger partial charge on any atom is 0.432 e. The topological polar surface area (TPSA) is 64.8 Å². The zero-order valence-corrected chi connectivity index (χ0v) is 13.7. The second kappa shape index (κ2) is 5.58. The molecule has 0 saturated heterocycles. The summed E-state index contributed by atoms with van der Waals surface area (Å²) in [5.41, 5.74) is 1.69. The van der Waals surface area contributed by atoms with Crippen LogP contribution in [0.25, 0.3) is 10.9 Å². The Labute approximate surface area is 145 Å². The number of fused-ring (bicyclic) bond motifs is 3. The van der Waals surface area contributed by atoms with Gasteiger partial charge in [-0.15, -0.1) is 0 Å². The Morgan fingerprint density at radius 2 is 2.08 bits per heavy atom. The summed E-state index contributed by atoms with van der Waals surface area (Å²) in [7, 11) is 0. The number of hydrogen-bond donors (Lipinski definition) is 2. The lowest BCUT2D eigenvalue weighted by molar-refractivity contribution is -0.141. The van der Waals surface area contributed by atoms with Gasteiger partial charge in [-0.05, 0) is 18.6 Å². The number of rotatable bonds is 1. The molecule has 0 unspecified atom stereocenters. The van der Waals surface area contributed by atoms with E-state index in [9.17, 15) is 22.4 Å². The lowest BCUT2D eigenvalue weighted by Gasteiger charge is -2.26. The minimum atomic E-state index is -4.60. The first-order valence-electron chi connectivity index (χ1n) is 7.96. The average molecular weight is 366 g/mol. The quantitative estimate of drug-likeness (QED) is 0.647. The lowest BCUT2D eigenvalue weighted by atomic mass is 10.0. The molecule has 1 aliphatic heterocycles. The highest BCUT2D eigenvalue weighted by atomic mass is 19.4. The van der Waals surface area contributed by atoms with Crippen molar-refractivity contribution in [2.24, 2.45) is 0 Å². The number of aromatic nitrogens is 3. The lowest BCUT2D eigenvalue weighted by Crippen LogP contribution is -2.36. The predicted molar refractivity (Wildman–Crippen MR) is 85.0 cm³/mol. The molecule has 9 heteroatoms. The molecule has 136 valence electrons. The Morgan fingerprint density at radius 3 is 2.77 bits per heavy atom. The molecule has 0 aliphatic carbocycles. The summed E-state index contributed by atoms with van der Waals surface area (Å²) in [4.78, 5) is 17.1. The maximum atomic E-state index is 14.3. The van der Waals surface area contributed by atoms with Crippen LogP contribution in [-0.4, -0.2) is 32.5 Å². The number of carbonyl (C=O) groups excluding carboxylic acids is 1. The third-order valence-corrected chi connectivity index (χ3v) is 4.68. The van der Waals surface area contributed by atoms with Crippen LogP contribution in [0.3, 0.4) is 0 Å². The largest absolute Gasteiger partial charge is 0.432 e. The number of nitrogens with zero attached hydrogens (tertiary/aromatic N) is 2. The Morgan fingerprint density at radius 1 is 1.31 bits per heavy atom. The van der Waals surface area contributed by atoms with Crippen molar-refractivity contribution in [3.8, 4) is 0 Å². The summed E-state index contributed by atoms with van der Waals surface area (Å²) in [5, 5.41) is 5.74. The second-order valence-electron chi connectivity index (χ2n) is 6.34. The van der Waals surface area contributed by atoms with Crippen LogP contribution in [0.4, 0.5) is 17.6 Å². The van der Waals surface area contributed by atoms with E-state index in [0.717, 1.165) is 11.3 Å². The number of H-pyrrole nitrogens is 2. The van der Waals surface area contributed by atoms with Crippen LogP contribution in [0.2, 0.25) is 0 Å². The van der Waals surface area contributed by atoms with E-state index in [1.54, 1.807) is 6.07 Å². The molecule has 2 aromatic heterocycles. The van der Waals surface area contributed by atoms with Crippen LogP contribution < -0.4 is 0 Å². The van der Waals surface area contributed by atoms with Gasteiger partial charge in [-0.1, -0.05) is 6.07 Å². The Bertz CT molecular complexity index is 1020. The number of hydrogen-bond acceptors (Lipinski definition) is 2. The molecule has 3 heterocycles. The van der Waals surface area contributed by atoms with Gasteiger partial charge in [0.25, 0.3) is 5.91 Å². The molecule has 1 aromatic carbocycles. The third-order valence-electron chi connectivity index (χ3n) is 4.68. The fourth-order valence-corrected chi connectivity index (χ4v) is 3.33. The molecule has 0 fully saturated rings. The molecule has 4 rings (SSSR count). The van der Waals surface area contributed by atoms with Gasteiger partial charge >= 0.3 is 6.18 Å². The van der Waals surface area contributed by atoms with E-state index >= 15 is 0 Å². The highest BCUT2D eigenvalue weighted by Crippen LogP contribution is 2.32. The summed E-state index contributed by atoms with van der Waals surface area (Å²) in [6.07, 6.45) is -4.14. The molecule has 0 saturated carbocycles. The standard InChI is InChI=1S/C17H14F4N4O/c1-8-2-3-10(18)14-9-7-25(5-4-11(9)22-15(8)14)16(26)12-6-13(24-23-12)17(19,20)21/h2-3,6,22H,4-5,7H2,1H3,(H,23,24). The van der Waals surface area contributed by atoms with Crippen molar-refractivity contribution in [1.82, 2.24) is 20.1 Å². The monoisotopic (exact) mass is 366 g/mol. The smallest absolute Gasteiger partial charge is 0.358 e. The van der Waals surface area contributed by atoms with Gasteiger partial charge in [-0.25, -0.2) is 4.39 Å². The number of alkyl halides is 3. The fraction of sp³-hybridized carbons (Fsp3) is 0.294. The normalized spacial score (nSPS) is 14.7. The fourth-order valence-electron chi connectivity index (χ4n) is 3.33. The first-order chi connectivity index (χ1) is 12.3. The summed E-state index contributed by atoms with van der Waals surface area (Å²) >= 11 is 0. The van der Waals surface area contributed by atoms with E-state index in [-0.39, 0.29) is 12.2 Å². The number of aryl methyl sites for hydroxylation is 1. The predicted octanol–water partition coefficient (Wildman–Crippen LogP) is 3.56. The van der Waals surface area contributed by atoms with Crippen LogP contribution in [0.5, 0.6) is 0 Å². The molecule has 0 bridgehead atoms. The molecule has 3 aromatic rings. The molecule has 2 N–H and O–H groups in total. The van der Waals surface area contributed by atoms with Crippen molar-refractivity contribution in [1.29, 1.82) is 0 Å². The minimum Gasteiger partial charge on any atom is -0.358 e. The summed E-state index contributed by atoms with van der Waals surface area (Å²) < 4.78 is 52.3. The third kappa shape index (κ3) is 2.54. The first kappa shape index (κ1) is 16.6. The molecule has 1 aliphatic rings. The van der Waals surface area contributed by atoms with Crippen molar-refractivity contribution >= 4 is 16.8 Å². The molecule has 26 heavy (non-hydrogen) atoms. The Kier molecular flexibility index (Phi) is 3.57. The van der Waals surface area contributed by atoms with Crippen LogP contribution in [0.15, 0.2) is 18.2 Å². The van der Waals surface area contributed by atoms with Crippen LogP contribution in [0.1, 0.15) is 33.0 Å². The highest BCUT2D eigenvalue weighted by Gasteiger charge is 2.35. The van der Waals surface area contributed by atoms with E-state index in [1.165, 1.54) is 11.0 Å². The second-order valence-corrected chi connectivity index (χ2v) is 6.34. The molecular formula is C17H14F4N4O. The number of carbonyl (C=O) groups is 1. The molecule has 5 nitrogen and oxygen atoms in total. The van der Waals surface area contributed by atoms with Gasteiger partial charge in [-0.3, -0.25) is 9.89 Å². The summed E-state index contributed by atoms with van der Waals surface area (Å²) in [5.74, 6) is -1.01. The van der Waals surface area contributed by atoms with Crippen molar-refractivity contribution in [3.63, 3.8) is 0 Å². The van der Waals surface area contributed by atoms with Crippen molar-refractivity contribution in [3.05, 3.63) is 52.2 Å². The molecule has 0 atom stereocenters. The SMILES string of the molecule is Cc1ccc(F)c2c3c([nH]c12)CCN(C(=O)c1cc(C(F)(F)F)[nH]n1)C3. The van der Waals surface area contributed by atoms with Crippen molar-refractivity contribution in [2.75, 3.05) is 6.54 Å². The molecule has 1 amide bonds. The van der Waals surface area contributed by atoms with Gasteiger partial charge in [0.15, 0.2) is 5.69 Å². The van der Waals surface area contributed by atoms with Gasteiger partial charge in [0.1, 0.15) is 11.5 Å². The number of nitrogens with one attached hydrogen (secondary N) is 2. The van der Waals surface area contributed by atoms with E-state index in [1.807, 2.05) is 12.0 Å². The molecule has 0 radical (unpaired) electrons. The van der Waals surface area contributed by atoms with Gasteiger partial charge < -0.3 is 9.88 Å². The zero-order chi connectivity index (χ0) is 18.6. The highest BCUT2D eigenvalue weighted by molar-refractivity contribution is 5.94. The minimum absolute atomic E-state index is 0.114. The Balaban J connectivity index is 1.67. The summed E-state index contributed by atoms with van der Waals surface area (Å²) in [6.45, 7) is 2.28. The van der Waals surface area contributed by atoms with Gasteiger partial charge in [0, 0.05) is 42.2 Å². The van der Waals surface area contributed by atoms with E-state index in [0.29, 0.717) is 35.5 Å². The molecule has 0 spiro atoms. The van der Waals surface area contributed by atoms with Crippen LogP contribution >= 0.6 is 0 Å². The van der Waals surface area contributed by atoms with E-state index in [2.05, 4.69) is 10.1 Å². The van der Waals surface area contributed by atoms with Crippen LogP contribution in [0, 0.1) is 12.7 Å². The van der Waals surface area contributed by atoms with Crippen LogP contribution in [-0.2, 0) is 19.1 Å². The maximum absolute atomic E-state index is 14.3. The van der Waals surface area contributed by atoms with Gasteiger partial charge in [-0.2, -0.15) is 18.3 Å². The van der Waals surface area contributed by atoms with E-state index in [4.69, 9.17) is 0 Å². The van der Waals surface area contributed by atoms with Crippen molar-refractivity contribution in [2.45, 2.75) is 26.1 Å².